The lowest BCUT2D eigenvalue weighted by atomic mass is 9.87. The Hall–Kier alpha value is -5.12. The van der Waals surface area contributed by atoms with Crippen LogP contribution in [0, 0.1) is 5.82 Å². The molecule has 0 aliphatic rings. The van der Waals surface area contributed by atoms with Gasteiger partial charge in [-0.05, 0) is 53.3 Å². The fraction of sp³-hybridized carbons (Fsp3) is 0.242. The van der Waals surface area contributed by atoms with Gasteiger partial charge in [0, 0.05) is 55.1 Å². The Bertz CT molecular complexity index is 1710. The quantitative estimate of drug-likeness (QED) is 0.241. The fourth-order valence-corrected chi connectivity index (χ4v) is 4.76. The van der Waals surface area contributed by atoms with Gasteiger partial charge in [-0.25, -0.2) is 4.39 Å². The largest absolute Gasteiger partial charge is 0.354 e. The molecule has 0 aliphatic heterocycles. The van der Waals surface area contributed by atoms with Crippen molar-refractivity contribution in [1.82, 2.24) is 25.2 Å². The second-order valence-corrected chi connectivity index (χ2v) is 11.3. The lowest BCUT2D eigenvalue weighted by Gasteiger charge is -2.31. The molecule has 0 spiro atoms. The molecule has 1 atom stereocenters. The zero-order chi connectivity index (χ0) is 30.6. The number of halogens is 1. The number of aryl methyl sites for hydroxylation is 1. The molecule has 0 aliphatic carbocycles. The van der Waals surface area contributed by atoms with Gasteiger partial charge in [0.2, 0.25) is 11.7 Å². The first-order valence-corrected chi connectivity index (χ1v) is 13.9. The van der Waals surface area contributed by atoms with Gasteiger partial charge in [0.25, 0.3) is 5.91 Å². The zero-order valence-electron chi connectivity index (χ0n) is 24.5. The number of anilines is 1. The van der Waals surface area contributed by atoms with E-state index < -0.39 is 17.9 Å². The van der Waals surface area contributed by atoms with Crippen molar-refractivity contribution < 1.29 is 18.5 Å². The molecule has 0 saturated heterocycles. The maximum Gasteiger partial charge on any atom is 0.297 e. The minimum Gasteiger partial charge on any atom is -0.354 e. The molecule has 3 aromatic heterocycles. The first-order valence-electron chi connectivity index (χ1n) is 13.9. The third kappa shape index (κ3) is 6.86. The molecule has 1 unspecified atom stereocenters. The standard InChI is InChI=1S/C33H33FN6O3/c1-33(2,3)25-10-12-27(13-11-25)40(32(42)29-18-28(38-43-29)24-20-37-39(4)21-24)30(23-8-6-15-35-19-23)31(41)36-16-14-22-7-5-9-26(34)17-22/h5-13,15,17-21,30H,14,16H2,1-4H3,(H,36,41). The predicted molar refractivity (Wildman–Crippen MR) is 161 cm³/mol. The Kier molecular flexibility index (Phi) is 8.47. The molecule has 2 amide bonds. The van der Waals surface area contributed by atoms with E-state index in [1.54, 1.807) is 60.8 Å². The Morgan fingerprint density at radius 3 is 2.49 bits per heavy atom. The topological polar surface area (TPSA) is 106 Å². The molecular formula is C33H33FN6O3. The van der Waals surface area contributed by atoms with Crippen LogP contribution in [-0.2, 0) is 23.7 Å². The van der Waals surface area contributed by atoms with E-state index in [0.29, 0.717) is 28.9 Å². The molecule has 0 fully saturated rings. The molecule has 0 bridgehead atoms. The van der Waals surface area contributed by atoms with E-state index in [1.165, 1.54) is 23.1 Å². The van der Waals surface area contributed by atoms with E-state index in [2.05, 4.69) is 41.3 Å². The summed E-state index contributed by atoms with van der Waals surface area (Å²) < 4.78 is 20.9. The van der Waals surface area contributed by atoms with Crippen LogP contribution in [0.15, 0.2) is 96.0 Å². The van der Waals surface area contributed by atoms with Gasteiger partial charge in [-0.15, -0.1) is 0 Å². The number of carbonyl (C=O) groups is 2. The highest BCUT2D eigenvalue weighted by molar-refractivity contribution is 6.09. The van der Waals surface area contributed by atoms with Crippen LogP contribution in [0.2, 0.25) is 0 Å². The van der Waals surface area contributed by atoms with Crippen LogP contribution in [0.1, 0.15) is 54.1 Å². The summed E-state index contributed by atoms with van der Waals surface area (Å²) >= 11 is 0. The van der Waals surface area contributed by atoms with Crippen molar-refractivity contribution in [1.29, 1.82) is 0 Å². The number of amides is 2. The summed E-state index contributed by atoms with van der Waals surface area (Å²) in [6.07, 6.45) is 6.96. The smallest absolute Gasteiger partial charge is 0.297 e. The highest BCUT2D eigenvalue weighted by atomic mass is 19.1. The van der Waals surface area contributed by atoms with E-state index in [1.807, 2.05) is 24.3 Å². The SMILES string of the molecule is Cn1cc(-c2cc(C(=O)N(c3ccc(C(C)(C)C)cc3)C(C(=O)NCCc3cccc(F)c3)c3cccnc3)on2)cn1. The maximum absolute atomic E-state index is 14.3. The summed E-state index contributed by atoms with van der Waals surface area (Å²) in [6.45, 7) is 6.54. The van der Waals surface area contributed by atoms with Crippen molar-refractivity contribution in [3.63, 3.8) is 0 Å². The van der Waals surface area contributed by atoms with Gasteiger partial charge in [-0.3, -0.25) is 24.2 Å². The number of pyridine rings is 1. The predicted octanol–water partition coefficient (Wildman–Crippen LogP) is 5.65. The number of nitrogens with zero attached hydrogens (tertiary/aromatic N) is 5. The molecule has 1 N–H and O–H groups in total. The van der Waals surface area contributed by atoms with E-state index in [9.17, 15) is 14.0 Å². The molecule has 0 radical (unpaired) electrons. The molecule has 220 valence electrons. The van der Waals surface area contributed by atoms with Crippen molar-refractivity contribution in [3.8, 4) is 11.3 Å². The molecule has 2 aromatic carbocycles. The molecule has 9 nitrogen and oxygen atoms in total. The zero-order valence-corrected chi connectivity index (χ0v) is 24.5. The summed E-state index contributed by atoms with van der Waals surface area (Å²) in [5, 5.41) is 11.2. The third-order valence-corrected chi connectivity index (χ3v) is 7.06. The van der Waals surface area contributed by atoms with E-state index >= 15 is 0 Å². The maximum atomic E-state index is 14.3. The molecule has 0 saturated carbocycles. The van der Waals surface area contributed by atoms with Gasteiger partial charge in [0.15, 0.2) is 0 Å². The number of hydrogen-bond acceptors (Lipinski definition) is 6. The Morgan fingerprint density at radius 2 is 1.84 bits per heavy atom. The first kappa shape index (κ1) is 29.4. The summed E-state index contributed by atoms with van der Waals surface area (Å²) in [4.78, 5) is 33.8. The van der Waals surface area contributed by atoms with Crippen LogP contribution in [0.3, 0.4) is 0 Å². The molecule has 5 aromatic rings. The van der Waals surface area contributed by atoms with E-state index in [-0.39, 0.29) is 23.5 Å². The lowest BCUT2D eigenvalue weighted by Crippen LogP contribution is -2.44. The van der Waals surface area contributed by atoms with Crippen molar-refractivity contribution in [3.05, 3.63) is 120 Å². The molecular weight excluding hydrogens is 547 g/mol. The van der Waals surface area contributed by atoms with Crippen molar-refractivity contribution in [2.75, 3.05) is 11.4 Å². The van der Waals surface area contributed by atoms with Gasteiger partial charge in [-0.2, -0.15) is 5.10 Å². The van der Waals surface area contributed by atoms with Gasteiger partial charge in [0.05, 0.1) is 6.20 Å². The summed E-state index contributed by atoms with van der Waals surface area (Å²) in [7, 11) is 1.78. The molecule has 43 heavy (non-hydrogen) atoms. The van der Waals surface area contributed by atoms with Crippen LogP contribution in [0.5, 0.6) is 0 Å². The minimum atomic E-state index is -1.10. The number of carbonyl (C=O) groups excluding carboxylic acids is 2. The molecule has 3 heterocycles. The number of nitrogens with one attached hydrogen (secondary N) is 1. The first-order chi connectivity index (χ1) is 20.6. The molecule has 10 heteroatoms. The average molecular weight is 581 g/mol. The van der Waals surface area contributed by atoms with Gasteiger partial charge < -0.3 is 9.84 Å². The van der Waals surface area contributed by atoms with Gasteiger partial charge >= 0.3 is 0 Å². The summed E-state index contributed by atoms with van der Waals surface area (Å²) in [5.41, 5.74) is 3.82. The molecule has 5 rings (SSSR count). The van der Waals surface area contributed by atoms with Crippen molar-refractivity contribution >= 4 is 17.5 Å². The van der Waals surface area contributed by atoms with Gasteiger partial charge in [0.1, 0.15) is 17.6 Å². The van der Waals surface area contributed by atoms with Crippen LogP contribution in [0.25, 0.3) is 11.3 Å². The van der Waals surface area contributed by atoms with Gasteiger partial charge in [-0.1, -0.05) is 56.3 Å². The van der Waals surface area contributed by atoms with Crippen LogP contribution >= 0.6 is 0 Å². The summed E-state index contributed by atoms with van der Waals surface area (Å²) in [5.74, 6) is -1.37. The van der Waals surface area contributed by atoms with E-state index in [4.69, 9.17) is 4.52 Å². The minimum absolute atomic E-state index is 0.0415. The highest BCUT2D eigenvalue weighted by Gasteiger charge is 2.35. The second-order valence-electron chi connectivity index (χ2n) is 11.3. The Balaban J connectivity index is 1.52. The van der Waals surface area contributed by atoms with Crippen LogP contribution < -0.4 is 10.2 Å². The monoisotopic (exact) mass is 580 g/mol. The normalized spacial score (nSPS) is 12.1. The number of aromatic nitrogens is 4. The van der Waals surface area contributed by atoms with Crippen molar-refractivity contribution in [2.45, 2.75) is 38.6 Å². The summed E-state index contributed by atoms with van der Waals surface area (Å²) in [6, 6.07) is 17.7. The van der Waals surface area contributed by atoms with Crippen molar-refractivity contribution in [2.24, 2.45) is 7.05 Å². The highest BCUT2D eigenvalue weighted by Crippen LogP contribution is 2.32. The second kappa shape index (κ2) is 12.4. The Labute approximate surface area is 249 Å². The average Bonchev–Trinajstić information content (AvgIpc) is 3.65. The number of benzene rings is 2. The van der Waals surface area contributed by atoms with E-state index in [0.717, 1.165) is 11.1 Å². The lowest BCUT2D eigenvalue weighted by molar-refractivity contribution is -0.122. The fourth-order valence-electron chi connectivity index (χ4n) is 4.76. The number of hydrogen-bond donors (Lipinski definition) is 1. The Morgan fingerprint density at radius 1 is 1.05 bits per heavy atom. The third-order valence-electron chi connectivity index (χ3n) is 7.06. The number of rotatable bonds is 9. The van der Waals surface area contributed by atoms with Crippen LogP contribution in [-0.4, -0.2) is 38.3 Å². The van der Waals surface area contributed by atoms with Crippen LogP contribution in [0.4, 0.5) is 10.1 Å².